The van der Waals surface area contributed by atoms with Crippen LogP contribution in [-0.4, -0.2) is 9.55 Å². The zero-order chi connectivity index (χ0) is 14.3. The first-order valence-electron chi connectivity index (χ1n) is 5.78. The normalized spacial score (nSPS) is 11.2. The maximum atomic E-state index is 13.6. The summed E-state index contributed by atoms with van der Waals surface area (Å²) in [5.41, 5.74) is 2.07. The van der Waals surface area contributed by atoms with Crippen molar-refractivity contribution >= 4 is 45.8 Å². The van der Waals surface area contributed by atoms with Crippen molar-refractivity contribution in [2.75, 3.05) is 0 Å². The van der Waals surface area contributed by atoms with Crippen molar-refractivity contribution in [2.24, 2.45) is 0 Å². The molecule has 1 heterocycles. The van der Waals surface area contributed by atoms with Gasteiger partial charge >= 0.3 is 0 Å². The van der Waals surface area contributed by atoms with E-state index < -0.39 is 5.82 Å². The average Bonchev–Trinajstić information content (AvgIpc) is 2.75. The molecule has 0 aliphatic rings. The molecule has 0 saturated carbocycles. The maximum Gasteiger partial charge on any atom is 0.129 e. The molecular weight excluding hydrogens is 322 g/mol. The standard InChI is InChI=1S/C14H8Cl3FN2/c15-7-14-19-12-2-1-8(16)5-13(12)20(14)11-4-9(17)3-10(18)6-11/h1-6H,7H2. The lowest BCUT2D eigenvalue weighted by Crippen LogP contribution is -2.00. The number of halogens is 4. The summed E-state index contributed by atoms with van der Waals surface area (Å²) in [7, 11) is 0. The fraction of sp³-hybridized carbons (Fsp3) is 0.0714. The van der Waals surface area contributed by atoms with Gasteiger partial charge in [0.2, 0.25) is 0 Å². The molecule has 3 aromatic rings. The smallest absolute Gasteiger partial charge is 0.129 e. The zero-order valence-electron chi connectivity index (χ0n) is 10.1. The third kappa shape index (κ3) is 2.37. The third-order valence-corrected chi connectivity index (χ3v) is 3.60. The largest absolute Gasteiger partial charge is 0.295 e. The number of nitrogens with zero attached hydrogens (tertiary/aromatic N) is 2. The highest BCUT2D eigenvalue weighted by molar-refractivity contribution is 6.31. The van der Waals surface area contributed by atoms with Gasteiger partial charge in [-0.1, -0.05) is 23.2 Å². The van der Waals surface area contributed by atoms with Gasteiger partial charge in [-0.15, -0.1) is 11.6 Å². The Bertz CT molecular complexity index is 778. The first kappa shape index (κ1) is 13.7. The summed E-state index contributed by atoms with van der Waals surface area (Å²) < 4.78 is 15.3. The van der Waals surface area contributed by atoms with E-state index in [1.165, 1.54) is 12.1 Å². The molecule has 6 heteroatoms. The van der Waals surface area contributed by atoms with E-state index in [1.807, 2.05) is 0 Å². The van der Waals surface area contributed by atoms with E-state index in [4.69, 9.17) is 34.8 Å². The number of hydrogen-bond donors (Lipinski definition) is 0. The number of aromatic nitrogens is 2. The summed E-state index contributed by atoms with van der Waals surface area (Å²) in [6, 6.07) is 9.59. The van der Waals surface area contributed by atoms with Crippen molar-refractivity contribution in [1.29, 1.82) is 0 Å². The number of hydrogen-bond acceptors (Lipinski definition) is 1. The SMILES string of the molecule is Fc1cc(Cl)cc(-n2c(CCl)nc3ccc(Cl)cc32)c1. The lowest BCUT2D eigenvalue weighted by molar-refractivity contribution is 0.626. The molecule has 0 N–H and O–H groups in total. The van der Waals surface area contributed by atoms with Crippen molar-refractivity contribution in [3.05, 3.63) is 58.1 Å². The van der Waals surface area contributed by atoms with Crippen LogP contribution in [0.2, 0.25) is 10.0 Å². The first-order valence-corrected chi connectivity index (χ1v) is 7.07. The topological polar surface area (TPSA) is 17.8 Å². The fourth-order valence-corrected chi connectivity index (χ4v) is 2.71. The molecule has 3 rings (SSSR count). The average molecular weight is 330 g/mol. The van der Waals surface area contributed by atoms with Crippen molar-refractivity contribution in [1.82, 2.24) is 9.55 Å². The Labute approximate surface area is 129 Å². The van der Waals surface area contributed by atoms with Gasteiger partial charge in [-0.3, -0.25) is 4.57 Å². The molecular formula is C14H8Cl3FN2. The second kappa shape index (κ2) is 5.24. The van der Waals surface area contributed by atoms with Crippen LogP contribution >= 0.6 is 34.8 Å². The van der Waals surface area contributed by atoms with Gasteiger partial charge in [0.15, 0.2) is 0 Å². The van der Waals surface area contributed by atoms with Crippen LogP contribution in [0, 0.1) is 5.82 Å². The number of rotatable bonds is 2. The van der Waals surface area contributed by atoms with Crippen molar-refractivity contribution < 1.29 is 4.39 Å². The summed E-state index contributed by atoms with van der Waals surface area (Å²) in [6.45, 7) is 0. The number of alkyl halides is 1. The van der Waals surface area contributed by atoms with Gasteiger partial charge < -0.3 is 0 Å². The molecule has 102 valence electrons. The summed E-state index contributed by atoms with van der Waals surface area (Å²) in [5, 5.41) is 0.881. The van der Waals surface area contributed by atoms with Crippen molar-refractivity contribution in [3.63, 3.8) is 0 Å². The minimum absolute atomic E-state index is 0.195. The molecule has 2 aromatic carbocycles. The van der Waals surface area contributed by atoms with Crippen LogP contribution in [0.15, 0.2) is 36.4 Å². The molecule has 0 aliphatic carbocycles. The lowest BCUT2D eigenvalue weighted by atomic mass is 10.2. The third-order valence-electron chi connectivity index (χ3n) is 2.91. The van der Waals surface area contributed by atoms with Gasteiger partial charge in [-0.25, -0.2) is 9.37 Å². The first-order chi connectivity index (χ1) is 9.58. The summed E-state index contributed by atoms with van der Waals surface area (Å²) in [4.78, 5) is 4.41. The number of benzene rings is 2. The predicted molar refractivity (Wildman–Crippen MR) is 80.6 cm³/mol. The molecule has 0 unspecified atom stereocenters. The molecule has 2 nitrogen and oxygen atoms in total. The fourth-order valence-electron chi connectivity index (χ4n) is 2.14. The van der Waals surface area contributed by atoms with Gasteiger partial charge in [0.1, 0.15) is 11.6 Å². The highest BCUT2D eigenvalue weighted by Crippen LogP contribution is 2.27. The zero-order valence-corrected chi connectivity index (χ0v) is 12.3. The van der Waals surface area contributed by atoms with Crippen LogP contribution in [0.4, 0.5) is 4.39 Å². The van der Waals surface area contributed by atoms with E-state index in [1.54, 1.807) is 28.8 Å². The van der Waals surface area contributed by atoms with Crippen molar-refractivity contribution in [3.8, 4) is 5.69 Å². The second-order valence-electron chi connectivity index (χ2n) is 4.26. The van der Waals surface area contributed by atoms with Crippen LogP contribution in [0.3, 0.4) is 0 Å². The van der Waals surface area contributed by atoms with Gasteiger partial charge in [0.25, 0.3) is 0 Å². The van der Waals surface area contributed by atoms with Gasteiger partial charge in [-0.2, -0.15) is 0 Å². The van der Waals surface area contributed by atoms with Gasteiger partial charge in [-0.05, 0) is 36.4 Å². The minimum atomic E-state index is -0.420. The van der Waals surface area contributed by atoms with Crippen molar-refractivity contribution in [2.45, 2.75) is 5.88 Å². The Morgan fingerprint density at radius 1 is 1.05 bits per heavy atom. The molecule has 0 amide bonds. The summed E-state index contributed by atoms with van der Waals surface area (Å²) in [6.07, 6.45) is 0. The molecule has 0 aliphatic heterocycles. The molecule has 20 heavy (non-hydrogen) atoms. The maximum absolute atomic E-state index is 13.6. The quantitative estimate of drug-likeness (QED) is 0.590. The molecule has 0 atom stereocenters. The minimum Gasteiger partial charge on any atom is -0.295 e. The Hall–Kier alpha value is -1.29. The van der Waals surface area contributed by atoms with Gasteiger partial charge in [0.05, 0.1) is 22.6 Å². The van der Waals surface area contributed by atoms with E-state index >= 15 is 0 Å². The van der Waals surface area contributed by atoms with Crippen LogP contribution in [0.1, 0.15) is 5.82 Å². The highest BCUT2D eigenvalue weighted by atomic mass is 35.5. The van der Waals surface area contributed by atoms with Crippen LogP contribution < -0.4 is 0 Å². The lowest BCUT2D eigenvalue weighted by Gasteiger charge is -2.08. The van der Waals surface area contributed by atoms with Crippen LogP contribution in [0.5, 0.6) is 0 Å². The molecule has 0 saturated heterocycles. The Kier molecular flexibility index (Phi) is 3.59. The van der Waals surface area contributed by atoms with E-state index in [0.717, 1.165) is 11.0 Å². The van der Waals surface area contributed by atoms with E-state index in [2.05, 4.69) is 4.98 Å². The Balaban J connectivity index is 2.35. The molecule has 0 fully saturated rings. The number of imidazole rings is 1. The van der Waals surface area contributed by atoms with E-state index in [0.29, 0.717) is 21.6 Å². The Morgan fingerprint density at radius 2 is 1.85 bits per heavy atom. The highest BCUT2D eigenvalue weighted by Gasteiger charge is 2.13. The van der Waals surface area contributed by atoms with E-state index in [-0.39, 0.29) is 5.88 Å². The summed E-state index contributed by atoms with van der Waals surface area (Å²) >= 11 is 17.9. The second-order valence-corrected chi connectivity index (χ2v) is 5.40. The van der Waals surface area contributed by atoms with Crippen LogP contribution in [-0.2, 0) is 5.88 Å². The predicted octanol–water partition coefficient (Wildman–Crippen LogP) is 5.21. The number of fused-ring (bicyclic) bond motifs is 1. The Morgan fingerprint density at radius 3 is 2.55 bits per heavy atom. The molecule has 0 radical (unpaired) electrons. The summed E-state index contributed by atoms with van der Waals surface area (Å²) in [5.74, 6) is 0.378. The van der Waals surface area contributed by atoms with Gasteiger partial charge in [0, 0.05) is 10.0 Å². The molecule has 0 bridgehead atoms. The molecule has 0 spiro atoms. The monoisotopic (exact) mass is 328 g/mol. The molecule has 1 aromatic heterocycles. The van der Waals surface area contributed by atoms with Crippen LogP contribution in [0.25, 0.3) is 16.7 Å². The van der Waals surface area contributed by atoms with E-state index in [9.17, 15) is 4.39 Å².